The number of aromatic nitrogens is 1. The summed E-state index contributed by atoms with van der Waals surface area (Å²) in [6, 6.07) is 8.25. The summed E-state index contributed by atoms with van der Waals surface area (Å²) >= 11 is 0. The lowest BCUT2D eigenvalue weighted by Gasteiger charge is -2.24. The fourth-order valence-corrected chi connectivity index (χ4v) is 3.53. The van der Waals surface area contributed by atoms with E-state index in [2.05, 4.69) is 21.5 Å². The number of rotatable bonds is 5. The number of alkyl halides is 3. The largest absolute Gasteiger partial charge is 0.573 e. The molecule has 26 heavy (non-hydrogen) atoms. The Morgan fingerprint density at radius 3 is 2.65 bits per heavy atom. The third-order valence-electron chi connectivity index (χ3n) is 4.75. The zero-order valence-electron chi connectivity index (χ0n) is 14.6. The van der Waals surface area contributed by atoms with Crippen molar-refractivity contribution in [3.63, 3.8) is 0 Å². The first-order valence-corrected chi connectivity index (χ1v) is 8.70. The fourth-order valence-electron chi connectivity index (χ4n) is 3.53. The molecule has 1 atom stereocenters. The van der Waals surface area contributed by atoms with Gasteiger partial charge >= 0.3 is 6.36 Å². The predicted octanol–water partition coefficient (Wildman–Crippen LogP) is 4.60. The summed E-state index contributed by atoms with van der Waals surface area (Å²) in [6.07, 6.45) is 0.453. The quantitative estimate of drug-likeness (QED) is 0.841. The third-order valence-corrected chi connectivity index (χ3v) is 4.75. The highest BCUT2D eigenvalue weighted by Crippen LogP contribution is 2.31. The minimum Gasteiger partial charge on any atom is -0.406 e. The maximum absolute atomic E-state index is 12.3. The second-order valence-electron chi connectivity index (χ2n) is 6.51. The minimum absolute atomic E-state index is 0.239. The van der Waals surface area contributed by atoms with Gasteiger partial charge in [0.2, 0.25) is 0 Å². The highest BCUT2D eigenvalue weighted by Gasteiger charge is 2.31. The van der Waals surface area contributed by atoms with E-state index in [0.717, 1.165) is 36.2 Å². The van der Waals surface area contributed by atoms with Crippen molar-refractivity contribution in [3.8, 4) is 16.9 Å². The van der Waals surface area contributed by atoms with E-state index in [1.807, 2.05) is 6.07 Å². The lowest BCUT2D eigenvalue weighted by Crippen LogP contribution is -2.28. The Kier molecular flexibility index (Phi) is 5.36. The molecule has 0 radical (unpaired) electrons. The molecular weight excluding hydrogens is 343 g/mol. The van der Waals surface area contributed by atoms with Gasteiger partial charge in [-0.05, 0) is 55.1 Å². The molecule has 0 unspecified atom stereocenters. The van der Waals surface area contributed by atoms with Crippen molar-refractivity contribution in [2.75, 3.05) is 12.3 Å². The molecule has 0 saturated carbocycles. The van der Waals surface area contributed by atoms with E-state index in [0.29, 0.717) is 11.9 Å². The zero-order chi connectivity index (χ0) is 18.7. The summed E-state index contributed by atoms with van der Waals surface area (Å²) in [5.41, 5.74) is 8.56. The highest BCUT2D eigenvalue weighted by atomic mass is 19.4. The molecular formula is C19H22F3N3O. The molecule has 2 N–H and O–H groups in total. The molecule has 140 valence electrons. The molecule has 0 bridgehead atoms. The van der Waals surface area contributed by atoms with Gasteiger partial charge in [-0.3, -0.25) is 4.90 Å². The molecule has 0 amide bonds. The molecule has 2 aromatic rings. The Labute approximate surface area is 150 Å². The number of halogens is 3. The van der Waals surface area contributed by atoms with Crippen LogP contribution >= 0.6 is 0 Å². The van der Waals surface area contributed by atoms with Crippen molar-refractivity contribution in [3.05, 3.63) is 42.1 Å². The number of nitrogen functional groups attached to an aromatic ring is 1. The molecule has 1 saturated heterocycles. The average Bonchev–Trinajstić information content (AvgIpc) is 3.02. The summed E-state index contributed by atoms with van der Waals surface area (Å²) in [5.74, 6) is 0.199. The molecule has 4 nitrogen and oxygen atoms in total. The van der Waals surface area contributed by atoms with Crippen LogP contribution in [0.4, 0.5) is 19.0 Å². The average molecular weight is 365 g/mol. The number of likely N-dealkylation sites (tertiary alicyclic amines) is 1. The smallest absolute Gasteiger partial charge is 0.406 e. The maximum Gasteiger partial charge on any atom is 0.573 e. The Hall–Kier alpha value is -2.28. The summed E-state index contributed by atoms with van der Waals surface area (Å²) in [5, 5.41) is 0. The van der Waals surface area contributed by atoms with Crippen LogP contribution in [0.2, 0.25) is 0 Å². The van der Waals surface area contributed by atoms with Crippen molar-refractivity contribution >= 4 is 5.82 Å². The standard InChI is InChI=1S/C19H22F3N3O/c1-2-15-4-3-9-25(15)12-14-10-18(23)24-11-17(14)13-5-7-16(8-6-13)26-19(20,21)22/h5-8,10-11,15H,2-4,9,12H2,1H3,(H2,23,24)/t15-/m1/s1. The number of nitrogens with two attached hydrogens (primary N) is 1. The molecule has 7 heteroatoms. The van der Waals surface area contributed by atoms with Crippen LogP contribution in [-0.4, -0.2) is 28.8 Å². The van der Waals surface area contributed by atoms with Gasteiger partial charge in [0.25, 0.3) is 0 Å². The van der Waals surface area contributed by atoms with Crippen molar-refractivity contribution in [1.82, 2.24) is 9.88 Å². The van der Waals surface area contributed by atoms with Crippen LogP contribution in [0.5, 0.6) is 5.75 Å². The van der Waals surface area contributed by atoms with Gasteiger partial charge in [0.1, 0.15) is 11.6 Å². The minimum atomic E-state index is -4.69. The predicted molar refractivity (Wildman–Crippen MR) is 94.5 cm³/mol. The van der Waals surface area contributed by atoms with E-state index in [1.54, 1.807) is 18.3 Å². The van der Waals surface area contributed by atoms with Gasteiger partial charge in [0.05, 0.1) is 0 Å². The number of hydrogen-bond donors (Lipinski definition) is 1. The monoisotopic (exact) mass is 365 g/mol. The summed E-state index contributed by atoms with van der Waals surface area (Å²) in [4.78, 5) is 6.59. The number of benzene rings is 1. The molecule has 1 aromatic carbocycles. The Morgan fingerprint density at radius 1 is 1.27 bits per heavy atom. The first-order chi connectivity index (χ1) is 12.4. The lowest BCUT2D eigenvalue weighted by atomic mass is 10.0. The SMILES string of the molecule is CC[C@@H]1CCCN1Cc1cc(N)ncc1-c1ccc(OC(F)(F)F)cc1. The maximum atomic E-state index is 12.3. The van der Waals surface area contributed by atoms with Crippen LogP contribution in [0.25, 0.3) is 11.1 Å². The van der Waals surface area contributed by atoms with E-state index >= 15 is 0 Å². The summed E-state index contributed by atoms with van der Waals surface area (Å²) in [7, 11) is 0. The van der Waals surface area contributed by atoms with Crippen LogP contribution in [0.15, 0.2) is 36.5 Å². The van der Waals surface area contributed by atoms with Gasteiger partial charge < -0.3 is 10.5 Å². The number of hydrogen-bond acceptors (Lipinski definition) is 4. The molecule has 3 rings (SSSR count). The van der Waals surface area contributed by atoms with Crippen LogP contribution in [0.3, 0.4) is 0 Å². The van der Waals surface area contributed by atoms with E-state index < -0.39 is 6.36 Å². The van der Waals surface area contributed by atoms with E-state index in [-0.39, 0.29) is 5.75 Å². The molecule has 0 aliphatic carbocycles. The number of anilines is 1. The lowest BCUT2D eigenvalue weighted by molar-refractivity contribution is -0.274. The fraction of sp³-hybridized carbons (Fsp3) is 0.421. The van der Waals surface area contributed by atoms with Gasteiger partial charge in [-0.15, -0.1) is 13.2 Å². The second-order valence-corrected chi connectivity index (χ2v) is 6.51. The van der Waals surface area contributed by atoms with Crippen LogP contribution < -0.4 is 10.5 Å². The van der Waals surface area contributed by atoms with Crippen molar-refractivity contribution in [2.45, 2.75) is 45.1 Å². The summed E-state index contributed by atoms with van der Waals surface area (Å²) in [6.45, 7) is 3.98. The Balaban J connectivity index is 1.85. The van der Waals surface area contributed by atoms with E-state index in [4.69, 9.17) is 5.73 Å². The Morgan fingerprint density at radius 2 is 2.00 bits per heavy atom. The van der Waals surface area contributed by atoms with Gasteiger partial charge in [-0.1, -0.05) is 19.1 Å². The molecule has 1 aliphatic heterocycles. The van der Waals surface area contributed by atoms with Gasteiger partial charge in [0.15, 0.2) is 0 Å². The van der Waals surface area contributed by atoms with E-state index in [1.165, 1.54) is 25.0 Å². The third kappa shape index (κ3) is 4.46. The second kappa shape index (κ2) is 7.53. The number of ether oxygens (including phenoxy) is 1. The van der Waals surface area contributed by atoms with Crippen molar-refractivity contribution in [2.24, 2.45) is 0 Å². The van der Waals surface area contributed by atoms with E-state index in [9.17, 15) is 13.2 Å². The Bertz CT molecular complexity index is 747. The van der Waals surface area contributed by atoms with Gasteiger partial charge in [0, 0.05) is 24.3 Å². The molecule has 0 spiro atoms. The van der Waals surface area contributed by atoms with Crippen molar-refractivity contribution < 1.29 is 17.9 Å². The van der Waals surface area contributed by atoms with Crippen LogP contribution in [-0.2, 0) is 6.54 Å². The van der Waals surface area contributed by atoms with Crippen LogP contribution in [0.1, 0.15) is 31.7 Å². The highest BCUT2D eigenvalue weighted by molar-refractivity contribution is 5.68. The topological polar surface area (TPSA) is 51.4 Å². The first kappa shape index (κ1) is 18.5. The van der Waals surface area contributed by atoms with Crippen LogP contribution in [0, 0.1) is 0 Å². The molecule has 1 aliphatic rings. The normalized spacial score (nSPS) is 18.2. The summed E-state index contributed by atoms with van der Waals surface area (Å²) < 4.78 is 40.9. The van der Waals surface area contributed by atoms with Gasteiger partial charge in [-0.25, -0.2) is 4.98 Å². The van der Waals surface area contributed by atoms with Crippen molar-refractivity contribution in [1.29, 1.82) is 0 Å². The molecule has 2 heterocycles. The molecule has 1 fully saturated rings. The van der Waals surface area contributed by atoms with Gasteiger partial charge in [-0.2, -0.15) is 0 Å². The zero-order valence-corrected chi connectivity index (χ0v) is 14.6. The number of nitrogens with zero attached hydrogens (tertiary/aromatic N) is 2. The number of pyridine rings is 1. The first-order valence-electron chi connectivity index (χ1n) is 8.70. The molecule has 1 aromatic heterocycles.